The molecule has 0 aliphatic heterocycles. The number of halogens is 1. The lowest BCUT2D eigenvalue weighted by molar-refractivity contribution is 0.249. The van der Waals surface area contributed by atoms with Crippen molar-refractivity contribution in [3.05, 3.63) is 0 Å². The molecule has 0 spiro atoms. The van der Waals surface area contributed by atoms with Crippen LogP contribution in [-0.2, 0) is 0 Å². The van der Waals surface area contributed by atoms with E-state index in [-0.39, 0.29) is 12.4 Å². The highest BCUT2D eigenvalue weighted by atomic mass is 35.5. The molecular formula is C3H10ClN3O. The molecule has 0 rings (SSSR count). The fourth-order valence-corrected chi connectivity index (χ4v) is 0.195. The first-order valence-corrected chi connectivity index (χ1v) is 2.00. The molecule has 50 valence electrons. The molecule has 0 saturated heterocycles. The Morgan fingerprint density at radius 1 is 1.62 bits per heavy atom. The van der Waals surface area contributed by atoms with Crippen LogP contribution in [0.5, 0.6) is 0 Å². The second-order valence-electron chi connectivity index (χ2n) is 1.08. The third kappa shape index (κ3) is 9.10. The summed E-state index contributed by atoms with van der Waals surface area (Å²) in [5.41, 5.74) is 9.68. The zero-order valence-electron chi connectivity index (χ0n) is 4.39. The second-order valence-corrected chi connectivity index (χ2v) is 1.08. The quantitative estimate of drug-likeness (QED) is 0.461. The van der Waals surface area contributed by atoms with Gasteiger partial charge >= 0.3 is 6.03 Å². The minimum absolute atomic E-state index is 0. The monoisotopic (exact) mass is 139 g/mol. The summed E-state index contributed by atoms with van der Waals surface area (Å²) in [6, 6.07) is -0.523. The van der Waals surface area contributed by atoms with Crippen LogP contribution in [0.4, 0.5) is 4.79 Å². The molecule has 0 aromatic rings. The third-order valence-corrected chi connectivity index (χ3v) is 0.444. The van der Waals surface area contributed by atoms with E-state index >= 15 is 0 Å². The molecule has 0 unspecified atom stereocenters. The van der Waals surface area contributed by atoms with Crippen LogP contribution in [0.3, 0.4) is 0 Å². The van der Waals surface area contributed by atoms with Crippen LogP contribution in [0.15, 0.2) is 0 Å². The molecule has 8 heavy (non-hydrogen) atoms. The standard InChI is InChI=1S/C3H9N3O.ClH/c4-1-2-6-3(5)7;/h1-2,4H2,(H3,5,6,7);1H. The highest BCUT2D eigenvalue weighted by molar-refractivity contribution is 5.85. The third-order valence-electron chi connectivity index (χ3n) is 0.444. The van der Waals surface area contributed by atoms with Crippen molar-refractivity contribution in [3.63, 3.8) is 0 Å². The molecule has 0 saturated carbocycles. The van der Waals surface area contributed by atoms with Crippen molar-refractivity contribution < 1.29 is 4.79 Å². The van der Waals surface area contributed by atoms with E-state index in [0.717, 1.165) is 0 Å². The number of nitrogens with one attached hydrogen (secondary N) is 1. The SMILES string of the molecule is Cl.NCCNC(N)=O. The predicted molar refractivity (Wildman–Crippen MR) is 33.9 cm³/mol. The van der Waals surface area contributed by atoms with Crippen molar-refractivity contribution in [2.75, 3.05) is 13.1 Å². The first kappa shape index (κ1) is 10.5. The van der Waals surface area contributed by atoms with E-state index < -0.39 is 6.03 Å². The summed E-state index contributed by atoms with van der Waals surface area (Å²) < 4.78 is 0. The van der Waals surface area contributed by atoms with Gasteiger partial charge in [0.25, 0.3) is 0 Å². The van der Waals surface area contributed by atoms with Gasteiger partial charge < -0.3 is 16.8 Å². The fraction of sp³-hybridized carbons (Fsp3) is 0.667. The van der Waals surface area contributed by atoms with E-state index in [4.69, 9.17) is 5.73 Å². The molecule has 0 aliphatic rings. The summed E-state index contributed by atoms with van der Waals surface area (Å²) in [6.45, 7) is 0.887. The van der Waals surface area contributed by atoms with Gasteiger partial charge in [-0.3, -0.25) is 0 Å². The average Bonchev–Trinajstić information content (AvgIpc) is 1.61. The van der Waals surface area contributed by atoms with Gasteiger partial charge in [-0.2, -0.15) is 0 Å². The topological polar surface area (TPSA) is 81.1 Å². The van der Waals surface area contributed by atoms with Gasteiger partial charge in [-0.25, -0.2) is 4.79 Å². The Morgan fingerprint density at radius 3 is 2.25 bits per heavy atom. The Morgan fingerprint density at radius 2 is 2.12 bits per heavy atom. The van der Waals surface area contributed by atoms with E-state index in [0.29, 0.717) is 13.1 Å². The summed E-state index contributed by atoms with van der Waals surface area (Å²) in [5.74, 6) is 0. The van der Waals surface area contributed by atoms with Gasteiger partial charge in [0, 0.05) is 13.1 Å². The zero-order valence-corrected chi connectivity index (χ0v) is 5.20. The Kier molecular flexibility index (Phi) is 8.55. The molecule has 5 N–H and O–H groups in total. The summed E-state index contributed by atoms with van der Waals surface area (Å²) in [6.07, 6.45) is 0. The number of amides is 2. The smallest absolute Gasteiger partial charge is 0.312 e. The molecule has 0 heterocycles. The van der Waals surface area contributed by atoms with Gasteiger partial charge in [0.2, 0.25) is 0 Å². The molecule has 0 aromatic carbocycles. The predicted octanol–water partition coefficient (Wildman–Crippen LogP) is -0.965. The average molecular weight is 140 g/mol. The van der Waals surface area contributed by atoms with E-state index in [1.807, 2.05) is 0 Å². The summed E-state index contributed by atoms with van der Waals surface area (Å²) in [4.78, 5) is 9.81. The number of carbonyl (C=O) groups is 1. The van der Waals surface area contributed by atoms with E-state index in [9.17, 15) is 4.79 Å². The van der Waals surface area contributed by atoms with Gasteiger partial charge in [-0.05, 0) is 0 Å². The maximum absolute atomic E-state index is 9.81. The van der Waals surface area contributed by atoms with Crippen LogP contribution in [0.2, 0.25) is 0 Å². The first-order chi connectivity index (χ1) is 3.27. The lowest BCUT2D eigenvalue weighted by Gasteiger charge is -1.93. The van der Waals surface area contributed by atoms with Gasteiger partial charge in [0.05, 0.1) is 0 Å². The minimum atomic E-state index is -0.523. The van der Waals surface area contributed by atoms with Crippen molar-refractivity contribution in [1.82, 2.24) is 5.32 Å². The number of urea groups is 1. The maximum atomic E-state index is 9.81. The second kappa shape index (κ2) is 6.52. The molecule has 4 nitrogen and oxygen atoms in total. The zero-order chi connectivity index (χ0) is 5.70. The van der Waals surface area contributed by atoms with Crippen molar-refractivity contribution >= 4 is 18.4 Å². The van der Waals surface area contributed by atoms with E-state index in [1.54, 1.807) is 0 Å². The Labute approximate surface area is 54.0 Å². The lowest BCUT2D eigenvalue weighted by atomic mass is 10.6. The molecule has 0 aliphatic carbocycles. The number of primary amides is 1. The Bertz CT molecular complexity index is 67.5. The summed E-state index contributed by atoms with van der Waals surface area (Å²) >= 11 is 0. The number of hydrogen-bond donors (Lipinski definition) is 3. The van der Waals surface area contributed by atoms with Gasteiger partial charge in [-0.1, -0.05) is 0 Å². The van der Waals surface area contributed by atoms with E-state index in [2.05, 4.69) is 11.1 Å². The van der Waals surface area contributed by atoms with Gasteiger partial charge in [0.1, 0.15) is 0 Å². The summed E-state index contributed by atoms with van der Waals surface area (Å²) in [7, 11) is 0. The van der Waals surface area contributed by atoms with Crippen LogP contribution in [0.1, 0.15) is 0 Å². The lowest BCUT2D eigenvalue weighted by Crippen LogP contribution is -2.33. The highest BCUT2D eigenvalue weighted by Gasteiger charge is 1.83. The van der Waals surface area contributed by atoms with Crippen LogP contribution >= 0.6 is 12.4 Å². The molecule has 0 radical (unpaired) electrons. The van der Waals surface area contributed by atoms with Crippen molar-refractivity contribution in [2.45, 2.75) is 0 Å². The molecule has 5 heteroatoms. The number of rotatable bonds is 2. The largest absolute Gasteiger partial charge is 0.352 e. The van der Waals surface area contributed by atoms with Crippen LogP contribution in [0, 0.1) is 0 Å². The van der Waals surface area contributed by atoms with Crippen LogP contribution in [-0.4, -0.2) is 19.1 Å². The number of nitrogens with two attached hydrogens (primary N) is 2. The minimum Gasteiger partial charge on any atom is -0.352 e. The number of carbonyl (C=O) groups excluding carboxylic acids is 1. The van der Waals surface area contributed by atoms with Crippen LogP contribution < -0.4 is 16.8 Å². The molecule has 0 aromatic heterocycles. The van der Waals surface area contributed by atoms with Gasteiger partial charge in [-0.15, -0.1) is 12.4 Å². The highest BCUT2D eigenvalue weighted by Crippen LogP contribution is 1.50. The molecule has 0 bridgehead atoms. The molecule has 2 amide bonds. The van der Waals surface area contributed by atoms with E-state index in [1.165, 1.54) is 0 Å². The Balaban J connectivity index is 0. The van der Waals surface area contributed by atoms with Crippen molar-refractivity contribution in [2.24, 2.45) is 11.5 Å². The number of hydrogen-bond acceptors (Lipinski definition) is 2. The molecule has 0 fully saturated rings. The summed E-state index contributed by atoms with van der Waals surface area (Å²) in [5, 5.41) is 2.31. The van der Waals surface area contributed by atoms with Crippen molar-refractivity contribution in [1.29, 1.82) is 0 Å². The molecule has 0 atom stereocenters. The first-order valence-electron chi connectivity index (χ1n) is 2.00. The normalized spacial score (nSPS) is 7.12. The van der Waals surface area contributed by atoms with Gasteiger partial charge in [0.15, 0.2) is 0 Å². The maximum Gasteiger partial charge on any atom is 0.312 e. The molecular weight excluding hydrogens is 130 g/mol. The van der Waals surface area contributed by atoms with Crippen molar-refractivity contribution in [3.8, 4) is 0 Å². The Hall–Kier alpha value is -0.480. The fourth-order valence-electron chi connectivity index (χ4n) is 0.195. The van der Waals surface area contributed by atoms with Crippen LogP contribution in [0.25, 0.3) is 0 Å².